The molecule has 23 heavy (non-hydrogen) atoms. The van der Waals surface area contributed by atoms with Crippen LogP contribution in [-0.4, -0.2) is 62.6 Å². The molecule has 0 aromatic heterocycles. The first kappa shape index (κ1) is 17.9. The topological polar surface area (TPSA) is 174 Å². The van der Waals surface area contributed by atoms with Crippen LogP contribution in [0, 0.1) is 0 Å². The van der Waals surface area contributed by atoms with Crippen LogP contribution in [0.5, 0.6) is 0 Å². The zero-order chi connectivity index (χ0) is 17.6. The molecule has 0 aliphatic carbocycles. The second-order valence-corrected chi connectivity index (χ2v) is 4.59. The van der Waals surface area contributed by atoms with Crippen molar-refractivity contribution in [2.24, 2.45) is 4.99 Å². The van der Waals surface area contributed by atoms with Gasteiger partial charge in [0.15, 0.2) is 6.04 Å². The van der Waals surface area contributed by atoms with Gasteiger partial charge in [0, 0.05) is 12.6 Å². The molecule has 1 aliphatic heterocycles. The minimum Gasteiger partial charge on any atom is -0.481 e. The molecular weight excluding hydrogens is 312 g/mol. The number of aliphatic imine (C=N–C) groups is 1. The van der Waals surface area contributed by atoms with Gasteiger partial charge in [-0.1, -0.05) is 0 Å². The Morgan fingerprint density at radius 1 is 1.26 bits per heavy atom. The van der Waals surface area contributed by atoms with Gasteiger partial charge in [-0.2, -0.15) is 0 Å². The predicted octanol–water partition coefficient (Wildman–Crippen LogP) is -0.673. The third kappa shape index (κ3) is 5.61. The Balaban J connectivity index is 2.95. The van der Waals surface area contributed by atoms with E-state index >= 15 is 0 Å². The molecule has 0 saturated carbocycles. The summed E-state index contributed by atoms with van der Waals surface area (Å²) in [5.74, 6) is -5.33. The molecule has 10 nitrogen and oxygen atoms in total. The summed E-state index contributed by atoms with van der Waals surface area (Å²) in [6.07, 6.45) is 2.73. The van der Waals surface area contributed by atoms with E-state index in [4.69, 9.17) is 20.4 Å². The van der Waals surface area contributed by atoms with E-state index in [1.807, 2.05) is 0 Å². The van der Waals surface area contributed by atoms with Crippen molar-refractivity contribution in [3.05, 3.63) is 23.4 Å². The van der Waals surface area contributed by atoms with Crippen molar-refractivity contribution in [3.63, 3.8) is 0 Å². The maximum atomic E-state index is 11.0. The molecule has 0 fully saturated rings. The fourth-order valence-corrected chi connectivity index (χ4v) is 1.76. The molecule has 10 heteroatoms. The summed E-state index contributed by atoms with van der Waals surface area (Å²) >= 11 is 0. The summed E-state index contributed by atoms with van der Waals surface area (Å²) in [4.78, 5) is 46.8. The zero-order valence-electron chi connectivity index (χ0n) is 11.7. The molecule has 0 amide bonds. The molecule has 1 heterocycles. The van der Waals surface area contributed by atoms with Gasteiger partial charge in [-0.25, -0.2) is 14.4 Å². The number of nitrogens with one attached hydrogen (secondary N) is 1. The number of aliphatic carboxylic acids is 4. The Hall–Kier alpha value is -3.17. The average Bonchev–Trinajstić information content (AvgIpc) is 2.45. The maximum Gasteiger partial charge on any atom is 0.351 e. The minimum absolute atomic E-state index is 0.0329. The fraction of sp³-hybridized carbons (Fsp3) is 0.308. The summed E-state index contributed by atoms with van der Waals surface area (Å²) in [5, 5.41) is 37.6. The van der Waals surface area contributed by atoms with Gasteiger partial charge >= 0.3 is 23.9 Å². The van der Waals surface area contributed by atoms with Gasteiger partial charge in [0.05, 0.1) is 6.42 Å². The summed E-state index contributed by atoms with van der Waals surface area (Å²) < 4.78 is 0. The Kier molecular flexibility index (Phi) is 6.01. The van der Waals surface area contributed by atoms with E-state index in [1.165, 1.54) is 12.2 Å². The van der Waals surface area contributed by atoms with Gasteiger partial charge in [-0.3, -0.25) is 9.79 Å². The van der Waals surface area contributed by atoms with Crippen molar-refractivity contribution in [2.75, 3.05) is 0 Å². The van der Waals surface area contributed by atoms with Crippen LogP contribution < -0.4 is 5.32 Å². The highest BCUT2D eigenvalue weighted by atomic mass is 16.4. The van der Waals surface area contributed by atoms with Crippen molar-refractivity contribution in [3.8, 4) is 0 Å². The van der Waals surface area contributed by atoms with Gasteiger partial charge in [0.2, 0.25) is 0 Å². The third-order valence-corrected chi connectivity index (χ3v) is 2.84. The molecule has 1 rings (SSSR count). The highest BCUT2D eigenvalue weighted by molar-refractivity contribution is 5.90. The van der Waals surface area contributed by atoms with Crippen molar-refractivity contribution < 1.29 is 39.6 Å². The number of nitrogens with zero attached hydrogens (tertiary/aromatic N) is 1. The number of carbonyl (C=O) groups is 4. The quantitative estimate of drug-likeness (QED) is 0.380. The summed E-state index contributed by atoms with van der Waals surface area (Å²) in [5.41, 5.74) is -0.0135. The number of rotatable bonds is 7. The number of carboxylic acid groups (broad SMARTS) is 4. The van der Waals surface area contributed by atoms with E-state index in [2.05, 4.69) is 10.3 Å². The van der Waals surface area contributed by atoms with E-state index in [1.54, 1.807) is 0 Å². The Morgan fingerprint density at radius 3 is 2.39 bits per heavy atom. The van der Waals surface area contributed by atoms with Gasteiger partial charge < -0.3 is 25.7 Å². The predicted molar refractivity (Wildman–Crippen MR) is 75.1 cm³/mol. The van der Waals surface area contributed by atoms with Gasteiger partial charge in [0.1, 0.15) is 11.7 Å². The van der Waals surface area contributed by atoms with Crippen molar-refractivity contribution in [1.82, 2.24) is 5.32 Å². The average molecular weight is 326 g/mol. The van der Waals surface area contributed by atoms with Crippen LogP contribution in [0.2, 0.25) is 0 Å². The van der Waals surface area contributed by atoms with Crippen LogP contribution in [0.25, 0.3) is 0 Å². The van der Waals surface area contributed by atoms with Crippen LogP contribution in [0.1, 0.15) is 12.8 Å². The lowest BCUT2D eigenvalue weighted by Gasteiger charge is -2.21. The fourth-order valence-electron chi connectivity index (χ4n) is 1.76. The lowest BCUT2D eigenvalue weighted by Crippen LogP contribution is -2.41. The highest BCUT2D eigenvalue weighted by Gasteiger charge is 2.26. The molecule has 0 aromatic rings. The van der Waals surface area contributed by atoms with Crippen LogP contribution in [0.15, 0.2) is 28.4 Å². The standard InChI is InChI=1S/C13H14N2O8/c16-10(17)5-7(11(18)19)14-2-1-6-3-8(12(20)21)15-9(4-6)13(22)23/h1-3,7,9,15H,4-5H2,(H,16,17)(H,18,19)(H,20,21)(H,22,23)/t7-,9-/m1/s1. The van der Waals surface area contributed by atoms with E-state index in [-0.39, 0.29) is 12.1 Å². The first-order valence-electron chi connectivity index (χ1n) is 6.32. The molecule has 124 valence electrons. The van der Waals surface area contributed by atoms with Crippen LogP contribution in [0.3, 0.4) is 0 Å². The second-order valence-electron chi connectivity index (χ2n) is 4.59. The largest absolute Gasteiger partial charge is 0.481 e. The van der Waals surface area contributed by atoms with E-state index in [9.17, 15) is 19.2 Å². The van der Waals surface area contributed by atoms with Gasteiger partial charge in [-0.15, -0.1) is 0 Å². The Bertz CT molecular complexity index is 619. The lowest BCUT2D eigenvalue weighted by atomic mass is 10.00. The van der Waals surface area contributed by atoms with Gasteiger partial charge in [0.25, 0.3) is 0 Å². The summed E-state index contributed by atoms with van der Waals surface area (Å²) in [6.45, 7) is 0. The van der Waals surface area contributed by atoms with E-state index < -0.39 is 42.4 Å². The van der Waals surface area contributed by atoms with E-state index in [0.29, 0.717) is 5.57 Å². The van der Waals surface area contributed by atoms with Crippen LogP contribution in [0.4, 0.5) is 0 Å². The van der Waals surface area contributed by atoms with Crippen molar-refractivity contribution >= 4 is 30.1 Å². The van der Waals surface area contributed by atoms with Crippen molar-refractivity contribution in [2.45, 2.75) is 24.9 Å². The molecule has 0 saturated heterocycles. The SMILES string of the molecule is O=C(O)C[C@@H](N=CC=C1C=C(C(=O)O)N[C@@H](C(=O)O)C1)C(=O)O. The molecule has 2 atom stereocenters. The lowest BCUT2D eigenvalue weighted by molar-refractivity contribution is -0.144. The second kappa shape index (κ2) is 7.73. The molecule has 0 bridgehead atoms. The molecule has 0 radical (unpaired) electrons. The van der Waals surface area contributed by atoms with Crippen LogP contribution >= 0.6 is 0 Å². The number of hydrogen-bond acceptors (Lipinski definition) is 6. The van der Waals surface area contributed by atoms with Gasteiger partial charge in [-0.05, 0) is 17.7 Å². The number of allylic oxidation sites excluding steroid dienone is 2. The summed E-state index contributed by atoms with van der Waals surface area (Å²) in [6, 6.07) is -2.62. The smallest absolute Gasteiger partial charge is 0.351 e. The van der Waals surface area contributed by atoms with E-state index in [0.717, 1.165) is 6.21 Å². The monoisotopic (exact) mass is 326 g/mol. The maximum absolute atomic E-state index is 11.0. The first-order chi connectivity index (χ1) is 10.7. The minimum atomic E-state index is -1.48. The Morgan fingerprint density at radius 2 is 1.91 bits per heavy atom. The van der Waals surface area contributed by atoms with Crippen LogP contribution in [-0.2, 0) is 19.2 Å². The number of hydrogen-bond donors (Lipinski definition) is 5. The molecular formula is C13H14N2O8. The zero-order valence-corrected chi connectivity index (χ0v) is 11.7. The number of carboxylic acids is 4. The summed E-state index contributed by atoms with van der Waals surface area (Å²) in [7, 11) is 0. The molecule has 0 unspecified atom stereocenters. The molecule has 0 aromatic carbocycles. The molecule has 0 spiro atoms. The van der Waals surface area contributed by atoms with Crippen molar-refractivity contribution in [1.29, 1.82) is 0 Å². The molecule has 5 N–H and O–H groups in total. The molecule has 1 aliphatic rings. The Labute approximate surface area is 129 Å². The third-order valence-electron chi connectivity index (χ3n) is 2.84. The first-order valence-corrected chi connectivity index (χ1v) is 6.32. The normalized spacial score (nSPS) is 20.6. The highest BCUT2D eigenvalue weighted by Crippen LogP contribution is 2.16.